The SMILES string of the molecule is NCC1(Cc2csc3ccccc23)CCc2ccccc21. The molecule has 0 saturated heterocycles. The molecule has 0 bridgehead atoms. The molecule has 3 aromatic rings. The first-order valence-corrected chi connectivity index (χ1v) is 8.44. The van der Waals surface area contributed by atoms with Crippen LogP contribution in [0.5, 0.6) is 0 Å². The Labute approximate surface area is 129 Å². The summed E-state index contributed by atoms with van der Waals surface area (Å²) < 4.78 is 1.38. The Morgan fingerprint density at radius 3 is 2.76 bits per heavy atom. The first-order chi connectivity index (χ1) is 10.3. The molecule has 1 unspecified atom stereocenters. The molecule has 1 aromatic heterocycles. The molecular weight excluding hydrogens is 274 g/mol. The van der Waals surface area contributed by atoms with Crippen molar-refractivity contribution in [1.82, 2.24) is 0 Å². The van der Waals surface area contributed by atoms with Gasteiger partial charge in [-0.3, -0.25) is 0 Å². The molecule has 1 atom stereocenters. The van der Waals surface area contributed by atoms with E-state index in [1.54, 1.807) is 0 Å². The Kier molecular flexibility index (Phi) is 3.09. The largest absolute Gasteiger partial charge is 0.330 e. The third-order valence-electron chi connectivity index (χ3n) is 4.94. The standard InChI is InChI=1S/C19H19NS/c20-13-19(10-9-14-5-1-3-7-17(14)19)11-15-12-21-18-8-4-2-6-16(15)18/h1-8,12H,9-11,13,20H2. The van der Waals surface area contributed by atoms with Crippen LogP contribution in [0.1, 0.15) is 23.1 Å². The summed E-state index contributed by atoms with van der Waals surface area (Å²) in [5.41, 5.74) is 10.8. The number of benzene rings is 2. The maximum Gasteiger partial charge on any atom is 0.0345 e. The molecule has 0 fully saturated rings. The predicted octanol–water partition coefficient (Wildman–Crippen LogP) is 4.29. The van der Waals surface area contributed by atoms with Crippen molar-refractivity contribution in [3.05, 3.63) is 70.6 Å². The van der Waals surface area contributed by atoms with Crippen molar-refractivity contribution in [2.24, 2.45) is 5.73 Å². The van der Waals surface area contributed by atoms with Gasteiger partial charge >= 0.3 is 0 Å². The van der Waals surface area contributed by atoms with Crippen molar-refractivity contribution in [2.45, 2.75) is 24.7 Å². The summed E-state index contributed by atoms with van der Waals surface area (Å²) in [5, 5.41) is 3.72. The summed E-state index contributed by atoms with van der Waals surface area (Å²) in [6.07, 6.45) is 3.40. The number of hydrogen-bond donors (Lipinski definition) is 1. The molecular formula is C19H19NS. The van der Waals surface area contributed by atoms with Crippen LogP contribution in [0.2, 0.25) is 0 Å². The van der Waals surface area contributed by atoms with E-state index >= 15 is 0 Å². The lowest BCUT2D eigenvalue weighted by molar-refractivity contribution is 0.433. The molecule has 0 spiro atoms. The smallest absolute Gasteiger partial charge is 0.0345 e. The van der Waals surface area contributed by atoms with Crippen LogP contribution >= 0.6 is 11.3 Å². The molecule has 4 rings (SSSR count). The highest BCUT2D eigenvalue weighted by Gasteiger charge is 2.37. The van der Waals surface area contributed by atoms with E-state index in [9.17, 15) is 0 Å². The molecule has 2 N–H and O–H groups in total. The lowest BCUT2D eigenvalue weighted by atomic mass is 9.76. The number of rotatable bonds is 3. The van der Waals surface area contributed by atoms with Gasteiger partial charge in [-0.25, -0.2) is 0 Å². The normalized spacial score (nSPS) is 20.8. The van der Waals surface area contributed by atoms with Crippen LogP contribution in [-0.2, 0) is 18.3 Å². The van der Waals surface area contributed by atoms with Crippen LogP contribution in [0.4, 0.5) is 0 Å². The monoisotopic (exact) mass is 293 g/mol. The molecule has 1 nitrogen and oxygen atoms in total. The van der Waals surface area contributed by atoms with Gasteiger partial charge in [0.25, 0.3) is 0 Å². The molecule has 0 radical (unpaired) electrons. The summed E-state index contributed by atoms with van der Waals surface area (Å²) in [7, 11) is 0. The van der Waals surface area contributed by atoms with Gasteiger partial charge in [0.1, 0.15) is 0 Å². The zero-order valence-electron chi connectivity index (χ0n) is 12.0. The summed E-state index contributed by atoms with van der Waals surface area (Å²) in [4.78, 5) is 0. The molecule has 21 heavy (non-hydrogen) atoms. The van der Waals surface area contributed by atoms with Crippen molar-refractivity contribution in [3.8, 4) is 0 Å². The van der Waals surface area contributed by atoms with E-state index in [2.05, 4.69) is 53.9 Å². The van der Waals surface area contributed by atoms with Crippen molar-refractivity contribution in [2.75, 3.05) is 6.54 Å². The first kappa shape index (κ1) is 13.1. The van der Waals surface area contributed by atoms with Crippen molar-refractivity contribution < 1.29 is 0 Å². The Bertz CT molecular complexity index is 789. The van der Waals surface area contributed by atoms with Gasteiger partial charge < -0.3 is 5.73 Å². The number of aryl methyl sites for hydroxylation is 1. The number of nitrogens with two attached hydrogens (primary N) is 1. The topological polar surface area (TPSA) is 26.0 Å². The molecule has 2 heteroatoms. The highest BCUT2D eigenvalue weighted by molar-refractivity contribution is 7.17. The summed E-state index contributed by atoms with van der Waals surface area (Å²) in [6.45, 7) is 0.730. The molecule has 1 heterocycles. The maximum absolute atomic E-state index is 6.25. The minimum Gasteiger partial charge on any atom is -0.330 e. The van der Waals surface area contributed by atoms with E-state index in [-0.39, 0.29) is 5.41 Å². The van der Waals surface area contributed by atoms with E-state index in [0.29, 0.717) is 0 Å². The van der Waals surface area contributed by atoms with Crippen LogP contribution in [-0.4, -0.2) is 6.54 Å². The Hall–Kier alpha value is -1.64. The molecule has 0 saturated carbocycles. The van der Waals surface area contributed by atoms with Crippen molar-refractivity contribution in [1.29, 1.82) is 0 Å². The van der Waals surface area contributed by atoms with Gasteiger partial charge in [-0.2, -0.15) is 0 Å². The highest BCUT2D eigenvalue weighted by atomic mass is 32.1. The van der Waals surface area contributed by atoms with Gasteiger partial charge in [0.2, 0.25) is 0 Å². The lowest BCUT2D eigenvalue weighted by Crippen LogP contribution is -2.35. The van der Waals surface area contributed by atoms with Gasteiger partial charge in [0.15, 0.2) is 0 Å². The summed E-state index contributed by atoms with van der Waals surface area (Å²) in [6, 6.07) is 17.5. The van der Waals surface area contributed by atoms with E-state index in [1.165, 1.54) is 33.2 Å². The van der Waals surface area contributed by atoms with Crippen LogP contribution in [0.25, 0.3) is 10.1 Å². The second-order valence-electron chi connectivity index (χ2n) is 6.08. The van der Waals surface area contributed by atoms with E-state index in [1.807, 2.05) is 11.3 Å². The average Bonchev–Trinajstić information content (AvgIpc) is 3.11. The van der Waals surface area contributed by atoms with Gasteiger partial charge in [-0.05, 0) is 52.8 Å². The second kappa shape index (κ2) is 4.97. The Morgan fingerprint density at radius 2 is 1.86 bits per heavy atom. The number of hydrogen-bond acceptors (Lipinski definition) is 2. The molecule has 2 aromatic carbocycles. The Balaban J connectivity index is 1.79. The quantitative estimate of drug-likeness (QED) is 0.766. The van der Waals surface area contributed by atoms with Gasteiger partial charge in [-0.1, -0.05) is 42.5 Å². The summed E-state index contributed by atoms with van der Waals surface area (Å²) in [5.74, 6) is 0. The third-order valence-corrected chi connectivity index (χ3v) is 5.95. The van der Waals surface area contributed by atoms with Crippen LogP contribution in [0.3, 0.4) is 0 Å². The fourth-order valence-electron chi connectivity index (χ4n) is 3.77. The minimum atomic E-state index is 0.125. The minimum absolute atomic E-state index is 0.125. The molecule has 0 aliphatic heterocycles. The highest BCUT2D eigenvalue weighted by Crippen LogP contribution is 2.42. The van der Waals surface area contributed by atoms with Crippen molar-refractivity contribution >= 4 is 21.4 Å². The van der Waals surface area contributed by atoms with Gasteiger partial charge in [-0.15, -0.1) is 11.3 Å². The second-order valence-corrected chi connectivity index (χ2v) is 6.99. The van der Waals surface area contributed by atoms with Crippen LogP contribution in [0.15, 0.2) is 53.9 Å². The zero-order chi connectivity index (χ0) is 14.3. The van der Waals surface area contributed by atoms with Crippen LogP contribution < -0.4 is 5.73 Å². The van der Waals surface area contributed by atoms with E-state index in [0.717, 1.165) is 19.4 Å². The number of thiophene rings is 1. The predicted molar refractivity (Wildman–Crippen MR) is 91.0 cm³/mol. The third kappa shape index (κ3) is 2.02. The fourth-order valence-corrected chi connectivity index (χ4v) is 4.73. The number of fused-ring (bicyclic) bond motifs is 2. The lowest BCUT2D eigenvalue weighted by Gasteiger charge is -2.29. The zero-order valence-corrected chi connectivity index (χ0v) is 12.8. The molecule has 106 valence electrons. The molecule has 1 aliphatic carbocycles. The Morgan fingerprint density at radius 1 is 1.05 bits per heavy atom. The van der Waals surface area contributed by atoms with Crippen LogP contribution in [0, 0.1) is 0 Å². The van der Waals surface area contributed by atoms with Crippen molar-refractivity contribution in [3.63, 3.8) is 0 Å². The molecule has 1 aliphatic rings. The summed E-state index contributed by atoms with van der Waals surface area (Å²) >= 11 is 1.85. The first-order valence-electron chi connectivity index (χ1n) is 7.56. The van der Waals surface area contributed by atoms with E-state index < -0.39 is 0 Å². The fraction of sp³-hybridized carbons (Fsp3) is 0.263. The van der Waals surface area contributed by atoms with Gasteiger partial charge in [0, 0.05) is 16.7 Å². The molecule has 0 amide bonds. The van der Waals surface area contributed by atoms with E-state index in [4.69, 9.17) is 5.73 Å². The maximum atomic E-state index is 6.25. The van der Waals surface area contributed by atoms with Gasteiger partial charge in [0.05, 0.1) is 0 Å². The average molecular weight is 293 g/mol.